The number of aliphatic imine (C=N–C) groups is 1. The fraction of sp³-hybridized carbons (Fsp3) is 0.595. The fourth-order valence-corrected chi connectivity index (χ4v) is 4.94. The molecule has 1 aromatic carbocycles. The van der Waals surface area contributed by atoms with E-state index in [1.807, 2.05) is 40.7 Å². The van der Waals surface area contributed by atoms with Crippen molar-refractivity contribution in [3.8, 4) is 0 Å². The summed E-state index contributed by atoms with van der Waals surface area (Å²) in [4.78, 5) is 7.44. The van der Waals surface area contributed by atoms with Gasteiger partial charge in [-0.2, -0.15) is 0 Å². The number of piperidine rings is 1. The van der Waals surface area contributed by atoms with Gasteiger partial charge in [0.1, 0.15) is 17.4 Å². The number of hydrogen-bond acceptors (Lipinski definition) is 5. The normalized spacial score (nSPS) is 16.8. The Labute approximate surface area is 268 Å². The topological polar surface area (TPSA) is 72.1 Å². The van der Waals surface area contributed by atoms with E-state index in [4.69, 9.17) is 20.2 Å². The Balaban J connectivity index is 0.00000474. The van der Waals surface area contributed by atoms with Crippen molar-refractivity contribution in [2.75, 3.05) is 27.3 Å². The van der Waals surface area contributed by atoms with Crippen LogP contribution < -0.4 is 11.1 Å². The van der Waals surface area contributed by atoms with Gasteiger partial charge in [0.2, 0.25) is 0 Å². The maximum absolute atomic E-state index is 15.6. The fourth-order valence-electron chi connectivity index (χ4n) is 4.94. The molecular formula is C37H61FN4O2. The molecule has 1 aliphatic rings. The summed E-state index contributed by atoms with van der Waals surface area (Å²) in [6, 6.07) is 5.39. The summed E-state index contributed by atoms with van der Waals surface area (Å²) in [6.45, 7) is 24.3. The second-order valence-electron chi connectivity index (χ2n) is 11.9. The molecule has 0 saturated carbocycles. The average Bonchev–Trinajstić information content (AvgIpc) is 3.03. The molecule has 0 bridgehead atoms. The van der Waals surface area contributed by atoms with Gasteiger partial charge in [-0.25, -0.2) is 4.39 Å². The lowest BCUT2D eigenvalue weighted by molar-refractivity contribution is 0.0498. The van der Waals surface area contributed by atoms with Crippen molar-refractivity contribution in [3.05, 3.63) is 80.7 Å². The van der Waals surface area contributed by atoms with Gasteiger partial charge in [-0.3, -0.25) is 4.99 Å². The Hall–Kier alpha value is -2.90. The third-order valence-electron chi connectivity index (χ3n) is 8.55. The highest BCUT2D eigenvalue weighted by atomic mass is 19.1. The Morgan fingerprint density at radius 2 is 1.64 bits per heavy atom. The van der Waals surface area contributed by atoms with Gasteiger partial charge in [0.05, 0.1) is 25.5 Å². The van der Waals surface area contributed by atoms with Crippen molar-refractivity contribution in [3.63, 3.8) is 0 Å². The molecule has 0 atom stereocenters. The summed E-state index contributed by atoms with van der Waals surface area (Å²) in [5.74, 6) is 1.24. The summed E-state index contributed by atoms with van der Waals surface area (Å²) in [5, 5.41) is 3.62. The van der Waals surface area contributed by atoms with Crippen LogP contribution in [0.5, 0.6) is 0 Å². The van der Waals surface area contributed by atoms with Gasteiger partial charge in [0.15, 0.2) is 0 Å². The lowest BCUT2D eigenvalue weighted by atomic mass is 9.93. The second kappa shape index (κ2) is 18.8. The van der Waals surface area contributed by atoms with Crippen LogP contribution >= 0.6 is 0 Å². The Morgan fingerprint density at radius 3 is 2.14 bits per heavy atom. The lowest BCUT2D eigenvalue weighted by Gasteiger charge is -2.34. The number of hydrogen-bond donors (Lipinski definition) is 2. The largest absolute Gasteiger partial charge is 0.499 e. The highest BCUT2D eigenvalue weighted by Crippen LogP contribution is 2.28. The molecule has 1 heterocycles. The molecule has 2 rings (SSSR count). The minimum absolute atomic E-state index is 0.174. The minimum atomic E-state index is -0.793. The van der Waals surface area contributed by atoms with Crippen molar-refractivity contribution in [1.82, 2.24) is 10.2 Å². The van der Waals surface area contributed by atoms with E-state index in [2.05, 4.69) is 57.8 Å². The summed E-state index contributed by atoms with van der Waals surface area (Å²) in [7, 11) is 3.50. The minimum Gasteiger partial charge on any atom is -0.499 e. The van der Waals surface area contributed by atoms with Gasteiger partial charge in [-0.05, 0) is 85.8 Å². The van der Waals surface area contributed by atoms with Crippen LogP contribution in [-0.4, -0.2) is 44.1 Å². The second-order valence-corrected chi connectivity index (χ2v) is 11.9. The quantitative estimate of drug-likeness (QED) is 0.107. The predicted molar refractivity (Wildman–Crippen MR) is 186 cm³/mol. The van der Waals surface area contributed by atoms with E-state index in [9.17, 15) is 0 Å². The van der Waals surface area contributed by atoms with Crippen LogP contribution in [0.2, 0.25) is 0 Å². The van der Waals surface area contributed by atoms with Crippen molar-refractivity contribution >= 4 is 5.84 Å². The first-order valence-electron chi connectivity index (χ1n) is 16.2. The van der Waals surface area contributed by atoms with Gasteiger partial charge in [0.25, 0.3) is 0 Å². The van der Waals surface area contributed by atoms with E-state index in [1.165, 1.54) is 11.1 Å². The summed E-state index contributed by atoms with van der Waals surface area (Å²) < 4.78 is 27.1. The highest BCUT2D eigenvalue weighted by molar-refractivity contribution is 6.03. The van der Waals surface area contributed by atoms with Gasteiger partial charge < -0.3 is 25.4 Å². The molecule has 0 amide bonds. The molecule has 1 aromatic rings. The first kappa shape index (κ1) is 39.1. The number of likely N-dealkylation sites (tertiary alicyclic amines) is 1. The van der Waals surface area contributed by atoms with Crippen LogP contribution in [0.25, 0.3) is 0 Å². The smallest absolute Gasteiger partial charge is 0.133 e. The van der Waals surface area contributed by atoms with E-state index in [-0.39, 0.29) is 18.5 Å². The van der Waals surface area contributed by atoms with E-state index in [0.29, 0.717) is 17.0 Å². The molecule has 1 aliphatic heterocycles. The zero-order valence-corrected chi connectivity index (χ0v) is 30.0. The summed E-state index contributed by atoms with van der Waals surface area (Å²) in [6.07, 6.45) is 6.18. The lowest BCUT2D eigenvalue weighted by Crippen LogP contribution is -2.36. The molecule has 0 radical (unpaired) electrons. The average molecular weight is 613 g/mol. The van der Waals surface area contributed by atoms with Crippen molar-refractivity contribution < 1.29 is 13.9 Å². The zero-order chi connectivity index (χ0) is 33.6. The highest BCUT2D eigenvalue weighted by Gasteiger charge is 2.24. The monoisotopic (exact) mass is 612 g/mol. The number of rotatable bonds is 12. The Bertz CT molecular complexity index is 1230. The van der Waals surface area contributed by atoms with Crippen LogP contribution in [0.15, 0.2) is 68.7 Å². The molecule has 0 unspecified atom stereocenters. The number of nitrogens with zero attached hydrogens (tertiary/aromatic N) is 2. The number of methoxy groups -OCH3 is 2. The molecular weight excluding hydrogens is 551 g/mol. The number of amidine groups is 1. The molecule has 0 aromatic heterocycles. The predicted octanol–water partition coefficient (Wildman–Crippen LogP) is 8.90. The number of halogens is 1. The van der Waals surface area contributed by atoms with Crippen molar-refractivity contribution in [1.29, 1.82) is 0 Å². The van der Waals surface area contributed by atoms with Crippen molar-refractivity contribution in [2.24, 2.45) is 10.7 Å². The SMILES string of the molecule is CC.CCC(C)=C(C)NC(=NCc1cccc(C(C)(C)N)c1F)/C(=C/C(=C(\C)OC)N1CCC(OC)CC1)C(C)=C(C)CC. The number of ether oxygens (including phenoxy) is 2. The van der Waals surface area contributed by atoms with Crippen LogP contribution in [-0.2, 0) is 21.6 Å². The van der Waals surface area contributed by atoms with Gasteiger partial charge in [0, 0.05) is 48.1 Å². The molecule has 3 N–H and O–H groups in total. The third kappa shape index (κ3) is 10.9. The number of benzene rings is 1. The number of nitrogens with one attached hydrogen (secondary N) is 1. The van der Waals surface area contributed by atoms with Crippen LogP contribution in [0.3, 0.4) is 0 Å². The molecule has 248 valence electrons. The van der Waals surface area contributed by atoms with Gasteiger partial charge in [-0.15, -0.1) is 0 Å². The summed E-state index contributed by atoms with van der Waals surface area (Å²) in [5.41, 5.74) is 13.1. The first-order chi connectivity index (χ1) is 20.8. The molecule has 1 saturated heterocycles. The maximum Gasteiger partial charge on any atom is 0.133 e. The number of nitrogens with two attached hydrogens (primary N) is 1. The van der Waals surface area contributed by atoms with Crippen LogP contribution in [0.4, 0.5) is 4.39 Å². The van der Waals surface area contributed by atoms with Crippen LogP contribution in [0.1, 0.15) is 113 Å². The molecule has 44 heavy (non-hydrogen) atoms. The van der Waals surface area contributed by atoms with Crippen LogP contribution in [0, 0.1) is 5.82 Å². The zero-order valence-electron chi connectivity index (χ0n) is 30.0. The number of allylic oxidation sites excluding steroid dienone is 5. The third-order valence-corrected chi connectivity index (χ3v) is 8.55. The van der Waals surface area contributed by atoms with Gasteiger partial charge >= 0.3 is 0 Å². The molecule has 0 aliphatic carbocycles. The van der Waals surface area contributed by atoms with E-state index < -0.39 is 5.54 Å². The van der Waals surface area contributed by atoms with E-state index >= 15 is 4.39 Å². The first-order valence-corrected chi connectivity index (χ1v) is 16.2. The molecule has 0 spiro atoms. The van der Waals surface area contributed by atoms with Crippen molar-refractivity contribution in [2.45, 2.75) is 120 Å². The standard InChI is InChI=1S/C35H55FN4O2.C2H6/c1-12-23(3)25(5)30(21-32(27(7)41-10)40-19-17-29(42-11)18-20-40)34(39-26(6)24(4)13-2)38-22-28-15-14-16-31(33(28)36)35(8,9)37;1-2/h14-16,21,29H,12-13,17-20,22,37H2,1-11H3,(H,38,39);1-2H3/b25-23?,26-24?,30-21+,32-27-;. The Kier molecular flexibility index (Phi) is 16.7. The van der Waals surface area contributed by atoms with E-state index in [0.717, 1.165) is 67.1 Å². The van der Waals surface area contributed by atoms with E-state index in [1.54, 1.807) is 26.4 Å². The molecule has 1 fully saturated rings. The van der Waals surface area contributed by atoms with Gasteiger partial charge in [-0.1, -0.05) is 57.0 Å². The summed E-state index contributed by atoms with van der Waals surface area (Å²) >= 11 is 0. The Morgan fingerprint density at radius 1 is 1.05 bits per heavy atom. The molecule has 6 nitrogen and oxygen atoms in total. The maximum atomic E-state index is 15.6. The molecule has 7 heteroatoms.